The first-order valence-corrected chi connectivity index (χ1v) is 6.97. The minimum atomic E-state index is -4.07. The minimum absolute atomic E-state index is 0.144. The van der Waals surface area contributed by atoms with E-state index in [0.29, 0.717) is 0 Å². The van der Waals surface area contributed by atoms with E-state index in [1.807, 2.05) is 0 Å². The molecule has 19 heavy (non-hydrogen) atoms. The third-order valence-electron chi connectivity index (χ3n) is 2.29. The largest absolute Gasteiger partial charge is 0.244 e. The molecule has 0 amide bonds. The van der Waals surface area contributed by atoms with E-state index in [0.717, 1.165) is 6.07 Å². The lowest BCUT2D eigenvalue weighted by Gasteiger charge is -2.11. The number of halogens is 2. The number of nitrogens with one attached hydrogen (secondary N) is 2. The Kier molecular flexibility index (Phi) is 3.78. The van der Waals surface area contributed by atoms with E-state index in [-0.39, 0.29) is 10.8 Å². The Morgan fingerprint density at radius 3 is 2.84 bits per heavy atom. The first-order chi connectivity index (χ1) is 8.92. The molecule has 7 nitrogen and oxygen atoms in total. The fraction of sp³-hybridized carbons (Fsp3) is 0.222. The summed E-state index contributed by atoms with van der Waals surface area (Å²) in [6, 6.07) is 2.96. The van der Waals surface area contributed by atoms with E-state index in [1.54, 1.807) is 0 Å². The number of sulfonamides is 1. The average molecular weight is 306 g/mol. The van der Waals surface area contributed by atoms with Crippen molar-refractivity contribution in [2.75, 3.05) is 0 Å². The van der Waals surface area contributed by atoms with Crippen LogP contribution in [0.2, 0.25) is 5.02 Å². The van der Waals surface area contributed by atoms with Gasteiger partial charge in [0.15, 0.2) is 11.6 Å². The zero-order chi connectivity index (χ0) is 14.0. The monoisotopic (exact) mass is 305 g/mol. The topological polar surface area (TPSA) is 101 Å². The standard InChI is InChI=1S/C9H9ClFN5O2S/c1-5(9-12-15-16-13-9)14-19(17,18)7-4-2-3-6(10)8(7)11/h2-5,14H,1H3,(H,12,13,15,16). The van der Waals surface area contributed by atoms with E-state index in [9.17, 15) is 12.8 Å². The molecule has 1 aromatic carbocycles. The van der Waals surface area contributed by atoms with Crippen LogP contribution in [0.4, 0.5) is 4.39 Å². The van der Waals surface area contributed by atoms with E-state index in [1.165, 1.54) is 19.1 Å². The predicted octanol–water partition coefficient (Wildman–Crippen LogP) is 1.03. The highest BCUT2D eigenvalue weighted by molar-refractivity contribution is 7.89. The molecule has 0 aliphatic carbocycles. The third-order valence-corrected chi connectivity index (χ3v) is 4.14. The number of benzene rings is 1. The molecule has 0 spiro atoms. The van der Waals surface area contributed by atoms with E-state index < -0.39 is 26.8 Å². The van der Waals surface area contributed by atoms with Gasteiger partial charge in [0.25, 0.3) is 0 Å². The Labute approximate surface area is 113 Å². The lowest BCUT2D eigenvalue weighted by Crippen LogP contribution is -2.28. The average Bonchev–Trinajstić information content (AvgIpc) is 2.85. The molecule has 10 heteroatoms. The summed E-state index contributed by atoms with van der Waals surface area (Å²) in [4.78, 5) is -0.532. The van der Waals surface area contributed by atoms with E-state index in [4.69, 9.17) is 11.6 Å². The maximum Gasteiger partial charge on any atom is 0.244 e. The van der Waals surface area contributed by atoms with Crippen molar-refractivity contribution in [3.63, 3.8) is 0 Å². The second kappa shape index (κ2) is 5.19. The summed E-state index contributed by atoms with van der Waals surface area (Å²) in [5.74, 6) is -0.858. The summed E-state index contributed by atoms with van der Waals surface area (Å²) in [6.45, 7) is 1.50. The van der Waals surface area contributed by atoms with Gasteiger partial charge < -0.3 is 0 Å². The molecule has 0 fully saturated rings. The number of hydrogen-bond donors (Lipinski definition) is 2. The van der Waals surface area contributed by atoms with Crippen LogP contribution < -0.4 is 4.72 Å². The quantitative estimate of drug-likeness (QED) is 0.878. The van der Waals surface area contributed by atoms with Crippen LogP contribution in [-0.2, 0) is 10.0 Å². The highest BCUT2D eigenvalue weighted by atomic mass is 35.5. The fourth-order valence-electron chi connectivity index (χ4n) is 1.39. The van der Waals surface area contributed by atoms with Gasteiger partial charge in [0.2, 0.25) is 10.0 Å². The molecule has 0 saturated carbocycles. The lowest BCUT2D eigenvalue weighted by molar-refractivity contribution is 0.542. The van der Waals surface area contributed by atoms with Crippen molar-refractivity contribution in [2.45, 2.75) is 17.9 Å². The van der Waals surface area contributed by atoms with Gasteiger partial charge in [-0.05, 0) is 19.1 Å². The lowest BCUT2D eigenvalue weighted by atomic mass is 10.3. The van der Waals surface area contributed by atoms with Gasteiger partial charge in [0.1, 0.15) is 4.90 Å². The van der Waals surface area contributed by atoms with Crippen molar-refractivity contribution in [1.29, 1.82) is 0 Å². The summed E-state index contributed by atoms with van der Waals surface area (Å²) < 4.78 is 40.0. The second-order valence-corrected chi connectivity index (χ2v) is 5.75. The molecule has 2 rings (SSSR count). The van der Waals surface area contributed by atoms with Crippen LogP contribution in [0.25, 0.3) is 0 Å². The van der Waals surface area contributed by atoms with Gasteiger partial charge in [-0.15, -0.1) is 10.2 Å². The normalized spacial score (nSPS) is 13.4. The van der Waals surface area contributed by atoms with Crippen LogP contribution in [0.3, 0.4) is 0 Å². The van der Waals surface area contributed by atoms with E-state index >= 15 is 0 Å². The highest BCUT2D eigenvalue weighted by Gasteiger charge is 2.24. The Morgan fingerprint density at radius 2 is 2.21 bits per heavy atom. The van der Waals surface area contributed by atoms with Crippen molar-refractivity contribution in [2.24, 2.45) is 0 Å². The molecule has 2 N–H and O–H groups in total. The first-order valence-electron chi connectivity index (χ1n) is 5.11. The summed E-state index contributed by atoms with van der Waals surface area (Å²) in [5.41, 5.74) is 0. The summed E-state index contributed by atoms with van der Waals surface area (Å²) >= 11 is 5.55. The van der Waals surface area contributed by atoms with Crippen LogP contribution in [0, 0.1) is 5.82 Å². The zero-order valence-corrected chi connectivity index (χ0v) is 11.2. The molecule has 0 radical (unpaired) electrons. The van der Waals surface area contributed by atoms with Gasteiger partial charge in [0.05, 0.1) is 11.1 Å². The molecule has 1 heterocycles. The Balaban J connectivity index is 2.31. The van der Waals surface area contributed by atoms with Crippen LogP contribution in [0.5, 0.6) is 0 Å². The molecule has 1 atom stereocenters. The summed E-state index contributed by atoms with van der Waals surface area (Å²) in [6.07, 6.45) is 0. The fourth-order valence-corrected chi connectivity index (χ4v) is 2.93. The number of hydrogen-bond acceptors (Lipinski definition) is 5. The zero-order valence-electron chi connectivity index (χ0n) is 9.63. The molecule has 0 bridgehead atoms. The van der Waals surface area contributed by atoms with Crippen LogP contribution in [-0.4, -0.2) is 29.0 Å². The first kappa shape index (κ1) is 13.8. The SMILES string of the molecule is CC(NS(=O)(=O)c1cccc(Cl)c1F)c1nn[nH]n1. The summed E-state index contributed by atoms with van der Waals surface area (Å²) in [5, 5.41) is 12.5. The number of nitrogens with zero attached hydrogens (tertiary/aromatic N) is 3. The molecule has 2 aromatic rings. The van der Waals surface area contributed by atoms with Crippen molar-refractivity contribution in [1.82, 2.24) is 25.3 Å². The van der Waals surface area contributed by atoms with Crippen molar-refractivity contribution >= 4 is 21.6 Å². The van der Waals surface area contributed by atoms with Crippen LogP contribution in [0.1, 0.15) is 18.8 Å². The third kappa shape index (κ3) is 2.88. The van der Waals surface area contributed by atoms with Crippen LogP contribution in [0.15, 0.2) is 23.1 Å². The number of tetrazole rings is 1. The maximum absolute atomic E-state index is 13.7. The molecular weight excluding hydrogens is 297 g/mol. The Bertz CT molecular complexity index is 676. The molecule has 0 aliphatic rings. The highest BCUT2D eigenvalue weighted by Crippen LogP contribution is 2.22. The number of rotatable bonds is 4. The predicted molar refractivity (Wildman–Crippen MR) is 64.3 cm³/mol. The van der Waals surface area contributed by atoms with Crippen molar-refractivity contribution < 1.29 is 12.8 Å². The second-order valence-electron chi connectivity index (χ2n) is 3.66. The van der Waals surface area contributed by atoms with Crippen molar-refractivity contribution in [3.05, 3.63) is 34.9 Å². The molecule has 102 valence electrons. The van der Waals surface area contributed by atoms with Gasteiger partial charge in [-0.1, -0.05) is 22.9 Å². The molecule has 1 aromatic heterocycles. The molecule has 1 unspecified atom stereocenters. The molecular formula is C9H9ClFN5O2S. The maximum atomic E-state index is 13.7. The smallest absolute Gasteiger partial charge is 0.207 e. The summed E-state index contributed by atoms with van der Waals surface area (Å²) in [7, 11) is -4.07. The van der Waals surface area contributed by atoms with Gasteiger partial charge in [-0.25, -0.2) is 17.5 Å². The molecule has 0 saturated heterocycles. The van der Waals surface area contributed by atoms with Crippen molar-refractivity contribution in [3.8, 4) is 0 Å². The number of H-pyrrole nitrogens is 1. The Hall–Kier alpha value is -1.58. The van der Waals surface area contributed by atoms with Gasteiger partial charge >= 0.3 is 0 Å². The van der Waals surface area contributed by atoms with Gasteiger partial charge in [0, 0.05) is 0 Å². The molecule has 0 aliphatic heterocycles. The van der Waals surface area contributed by atoms with Gasteiger partial charge in [-0.3, -0.25) is 0 Å². The Morgan fingerprint density at radius 1 is 1.47 bits per heavy atom. The minimum Gasteiger partial charge on any atom is -0.207 e. The van der Waals surface area contributed by atoms with E-state index in [2.05, 4.69) is 25.3 Å². The van der Waals surface area contributed by atoms with Gasteiger partial charge in [-0.2, -0.15) is 5.21 Å². The number of aromatic amines is 1. The number of aromatic nitrogens is 4. The van der Waals surface area contributed by atoms with Crippen LogP contribution >= 0.6 is 11.6 Å².